The lowest BCUT2D eigenvalue weighted by atomic mass is 10.1. The van der Waals surface area contributed by atoms with E-state index >= 15 is 0 Å². The number of likely N-dealkylation sites (tertiary alicyclic amines) is 1. The fraction of sp³-hybridized carbons (Fsp3) is 0.276. The SMILES string of the molecule is Cc1c(-n2nccn2)sc2c1c(=O)n([C@H]1CCN(C)C1=O)c(=O)n2CCc1cc(F)ccc1OCc1ccccc1. The zero-order chi connectivity index (χ0) is 28.7. The van der Waals surface area contributed by atoms with Gasteiger partial charge in [-0.2, -0.15) is 10.2 Å². The number of hydrogen-bond donors (Lipinski definition) is 0. The lowest BCUT2D eigenvalue weighted by Gasteiger charge is -2.17. The summed E-state index contributed by atoms with van der Waals surface area (Å²) in [5.74, 6) is -0.198. The van der Waals surface area contributed by atoms with Gasteiger partial charge in [-0.25, -0.2) is 13.8 Å². The normalized spacial score (nSPS) is 15.2. The summed E-state index contributed by atoms with van der Waals surface area (Å²) < 4.78 is 23.0. The van der Waals surface area contributed by atoms with Crippen LogP contribution >= 0.6 is 11.3 Å². The molecule has 1 aliphatic heterocycles. The minimum Gasteiger partial charge on any atom is -0.489 e. The molecule has 12 heteroatoms. The van der Waals surface area contributed by atoms with Crippen molar-refractivity contribution in [3.63, 3.8) is 0 Å². The molecule has 1 fully saturated rings. The fourth-order valence-electron chi connectivity index (χ4n) is 5.23. The lowest BCUT2D eigenvalue weighted by molar-refractivity contribution is -0.129. The monoisotopic (exact) mass is 574 g/mol. The fourth-order valence-corrected chi connectivity index (χ4v) is 6.47. The highest BCUT2D eigenvalue weighted by molar-refractivity contribution is 7.21. The van der Waals surface area contributed by atoms with Crippen LogP contribution in [-0.4, -0.2) is 48.5 Å². The van der Waals surface area contributed by atoms with Crippen molar-refractivity contribution in [3.8, 4) is 10.8 Å². The molecule has 1 saturated heterocycles. The number of aryl methyl sites for hydroxylation is 3. The zero-order valence-electron chi connectivity index (χ0n) is 22.5. The highest BCUT2D eigenvalue weighted by Crippen LogP contribution is 2.32. The van der Waals surface area contributed by atoms with Gasteiger partial charge in [-0.1, -0.05) is 41.7 Å². The van der Waals surface area contributed by atoms with E-state index in [2.05, 4.69) is 10.2 Å². The molecule has 0 unspecified atom stereocenters. The van der Waals surface area contributed by atoms with E-state index in [0.29, 0.717) is 51.7 Å². The maximum absolute atomic E-state index is 14.4. The maximum atomic E-state index is 14.4. The Morgan fingerprint density at radius 2 is 1.83 bits per heavy atom. The number of carbonyl (C=O) groups excluding carboxylic acids is 1. The van der Waals surface area contributed by atoms with Crippen LogP contribution in [0.4, 0.5) is 4.39 Å². The highest BCUT2D eigenvalue weighted by atomic mass is 32.1. The van der Waals surface area contributed by atoms with Gasteiger partial charge in [0.2, 0.25) is 5.91 Å². The predicted molar refractivity (Wildman–Crippen MR) is 152 cm³/mol. The van der Waals surface area contributed by atoms with Crippen LogP contribution in [0, 0.1) is 12.7 Å². The Kier molecular flexibility index (Phi) is 7.00. The number of ether oxygens (including phenoxy) is 1. The van der Waals surface area contributed by atoms with Gasteiger partial charge in [0.15, 0.2) is 0 Å². The van der Waals surface area contributed by atoms with Crippen LogP contribution in [0.5, 0.6) is 5.75 Å². The second-order valence-corrected chi connectivity index (χ2v) is 11.0. The summed E-state index contributed by atoms with van der Waals surface area (Å²) in [6.07, 6.45) is 3.67. The van der Waals surface area contributed by atoms with Gasteiger partial charge in [-0.3, -0.25) is 14.2 Å². The first-order chi connectivity index (χ1) is 19.8. The van der Waals surface area contributed by atoms with E-state index in [1.54, 1.807) is 20.0 Å². The molecule has 210 valence electrons. The highest BCUT2D eigenvalue weighted by Gasteiger charge is 2.34. The first kappa shape index (κ1) is 26.6. The molecule has 1 atom stereocenters. The Morgan fingerprint density at radius 1 is 1.07 bits per heavy atom. The minimum atomic E-state index is -0.889. The number of benzene rings is 2. The predicted octanol–water partition coefficient (Wildman–Crippen LogP) is 3.48. The van der Waals surface area contributed by atoms with Gasteiger partial charge in [0.1, 0.15) is 34.0 Å². The van der Waals surface area contributed by atoms with Crippen molar-refractivity contribution < 1.29 is 13.9 Å². The number of hydrogen-bond acceptors (Lipinski definition) is 7. The molecule has 0 saturated carbocycles. The van der Waals surface area contributed by atoms with Crippen LogP contribution in [0.15, 0.2) is 70.5 Å². The van der Waals surface area contributed by atoms with Crippen LogP contribution in [0.1, 0.15) is 29.2 Å². The van der Waals surface area contributed by atoms with Crippen molar-refractivity contribution in [2.24, 2.45) is 0 Å². The molecule has 5 aromatic rings. The molecule has 0 N–H and O–H groups in total. The first-order valence-corrected chi connectivity index (χ1v) is 14.0. The zero-order valence-corrected chi connectivity index (χ0v) is 23.3. The number of carbonyl (C=O) groups is 1. The molecular weight excluding hydrogens is 547 g/mol. The van der Waals surface area contributed by atoms with Crippen molar-refractivity contribution in [2.45, 2.75) is 39.0 Å². The summed E-state index contributed by atoms with van der Waals surface area (Å²) >= 11 is 1.23. The summed E-state index contributed by atoms with van der Waals surface area (Å²) in [6.45, 7) is 2.66. The molecule has 2 aromatic carbocycles. The Hall–Kier alpha value is -4.58. The topological polar surface area (TPSA) is 104 Å². The van der Waals surface area contributed by atoms with Gasteiger partial charge in [-0.05, 0) is 49.1 Å². The number of rotatable bonds is 8. The number of likely N-dealkylation sites (N-methyl/N-ethyl adjacent to an activating group) is 1. The Balaban J connectivity index is 1.43. The summed E-state index contributed by atoms with van der Waals surface area (Å²) in [5, 5.41) is 9.35. The molecule has 41 heavy (non-hydrogen) atoms. The molecule has 3 aromatic heterocycles. The Morgan fingerprint density at radius 3 is 2.54 bits per heavy atom. The van der Waals surface area contributed by atoms with Crippen LogP contribution in [0.2, 0.25) is 0 Å². The molecule has 4 heterocycles. The largest absolute Gasteiger partial charge is 0.489 e. The molecule has 1 amide bonds. The Labute approximate surface area is 237 Å². The quantitative estimate of drug-likeness (QED) is 0.281. The van der Waals surface area contributed by atoms with E-state index in [1.807, 2.05) is 30.3 Å². The summed E-state index contributed by atoms with van der Waals surface area (Å²) in [4.78, 5) is 44.1. The van der Waals surface area contributed by atoms with Gasteiger partial charge < -0.3 is 9.64 Å². The van der Waals surface area contributed by atoms with Gasteiger partial charge in [-0.15, -0.1) is 4.80 Å². The van der Waals surface area contributed by atoms with Gasteiger partial charge in [0, 0.05) is 25.7 Å². The number of thiophene rings is 1. The van der Waals surface area contributed by atoms with Gasteiger partial charge >= 0.3 is 5.69 Å². The third-order valence-electron chi connectivity index (χ3n) is 7.39. The van der Waals surface area contributed by atoms with E-state index in [-0.39, 0.29) is 18.9 Å². The number of amides is 1. The molecule has 0 spiro atoms. The van der Waals surface area contributed by atoms with Crippen molar-refractivity contribution in [1.29, 1.82) is 0 Å². The summed E-state index contributed by atoms with van der Waals surface area (Å²) in [7, 11) is 1.66. The second-order valence-electron chi connectivity index (χ2n) is 9.98. The van der Waals surface area contributed by atoms with E-state index in [9.17, 15) is 18.8 Å². The smallest absolute Gasteiger partial charge is 0.332 e. The average molecular weight is 575 g/mol. The standard InChI is InChI=1S/C29H27FN6O4S/c1-18-24-26(38)35(22-11-14-33(2)25(22)37)29(39)34(28(24)41-27(18)36-31-12-13-32-36)15-10-20-16-21(30)8-9-23(20)40-17-19-6-4-3-5-7-19/h3-9,12-13,16,22H,10-11,14-15,17H2,1-2H3/t22-/m0/s1. The molecule has 0 bridgehead atoms. The van der Waals surface area contributed by atoms with E-state index in [4.69, 9.17) is 4.74 Å². The van der Waals surface area contributed by atoms with Gasteiger partial charge in [0.05, 0.1) is 17.8 Å². The minimum absolute atomic E-state index is 0.128. The van der Waals surface area contributed by atoms with Crippen molar-refractivity contribution in [3.05, 3.63) is 104 Å². The van der Waals surface area contributed by atoms with E-state index < -0.39 is 23.1 Å². The molecule has 0 radical (unpaired) electrons. The molecular formula is C29H27FN6O4S. The molecule has 1 aliphatic rings. The molecule has 0 aliphatic carbocycles. The number of fused-ring (bicyclic) bond motifs is 1. The number of halogens is 1. The van der Waals surface area contributed by atoms with E-state index in [1.165, 1.54) is 50.1 Å². The summed E-state index contributed by atoms with van der Waals surface area (Å²) in [6, 6.07) is 13.1. The van der Waals surface area contributed by atoms with Crippen LogP contribution in [0.25, 0.3) is 15.2 Å². The number of nitrogens with zero attached hydrogens (tertiary/aromatic N) is 6. The summed E-state index contributed by atoms with van der Waals surface area (Å²) in [5.41, 5.74) is 1.07. The molecule has 10 nitrogen and oxygen atoms in total. The Bertz CT molecular complexity index is 1860. The first-order valence-electron chi connectivity index (χ1n) is 13.2. The maximum Gasteiger partial charge on any atom is 0.332 e. The van der Waals surface area contributed by atoms with Crippen LogP contribution < -0.4 is 16.0 Å². The van der Waals surface area contributed by atoms with Gasteiger partial charge in [0.25, 0.3) is 5.56 Å². The van der Waals surface area contributed by atoms with Crippen LogP contribution in [-0.2, 0) is 24.4 Å². The third-order valence-corrected chi connectivity index (χ3v) is 8.67. The van der Waals surface area contributed by atoms with Crippen LogP contribution in [0.3, 0.4) is 0 Å². The second kappa shape index (κ2) is 10.8. The van der Waals surface area contributed by atoms with Crippen molar-refractivity contribution in [1.82, 2.24) is 29.0 Å². The third kappa shape index (κ3) is 4.84. The van der Waals surface area contributed by atoms with Crippen molar-refractivity contribution >= 4 is 27.5 Å². The number of aromatic nitrogens is 5. The van der Waals surface area contributed by atoms with Crippen molar-refractivity contribution in [2.75, 3.05) is 13.6 Å². The molecule has 6 rings (SSSR count). The van der Waals surface area contributed by atoms with E-state index in [0.717, 1.165) is 10.1 Å². The average Bonchev–Trinajstić information content (AvgIpc) is 3.69. The lowest BCUT2D eigenvalue weighted by Crippen LogP contribution is -2.44.